The first-order valence-corrected chi connectivity index (χ1v) is 6.70. The highest BCUT2D eigenvalue weighted by Crippen LogP contribution is 2.37. The Bertz CT molecular complexity index is 538. The van der Waals surface area contributed by atoms with Crippen molar-refractivity contribution in [1.29, 1.82) is 0 Å². The van der Waals surface area contributed by atoms with Gasteiger partial charge in [-0.05, 0) is 44.0 Å². The third-order valence-electron chi connectivity index (χ3n) is 3.58. The first-order chi connectivity index (χ1) is 9.46. The molecule has 0 atom stereocenters. The van der Waals surface area contributed by atoms with Crippen molar-refractivity contribution >= 4 is 17.5 Å². The summed E-state index contributed by atoms with van der Waals surface area (Å²) in [6.45, 7) is 4.91. The Labute approximate surface area is 118 Å². The molecule has 0 fully saturated rings. The van der Waals surface area contributed by atoms with E-state index in [0.717, 1.165) is 17.7 Å². The molecule has 0 bridgehead atoms. The molecule has 0 aliphatic carbocycles. The Balaban J connectivity index is 2.10. The van der Waals surface area contributed by atoms with Gasteiger partial charge in [0, 0.05) is 31.5 Å². The molecular weight excluding hydrogens is 256 g/mol. The van der Waals surface area contributed by atoms with Crippen molar-refractivity contribution in [1.82, 2.24) is 5.32 Å². The summed E-state index contributed by atoms with van der Waals surface area (Å²) in [5, 5.41) is 5.67. The average molecular weight is 276 g/mol. The van der Waals surface area contributed by atoms with Gasteiger partial charge in [-0.1, -0.05) is 0 Å². The molecule has 0 saturated heterocycles. The lowest BCUT2D eigenvalue weighted by Gasteiger charge is -2.15. The molecular formula is C15H20N2O3. The Morgan fingerprint density at radius 2 is 2.15 bits per heavy atom. The number of ether oxygens (including phenoxy) is 1. The van der Waals surface area contributed by atoms with Gasteiger partial charge in [-0.2, -0.15) is 0 Å². The molecule has 5 nitrogen and oxygen atoms in total. The van der Waals surface area contributed by atoms with Crippen LogP contribution in [-0.4, -0.2) is 32.1 Å². The third-order valence-corrected chi connectivity index (χ3v) is 3.58. The minimum Gasteiger partial charge on any atom is -0.385 e. The molecule has 1 aliphatic heterocycles. The fourth-order valence-corrected chi connectivity index (χ4v) is 2.23. The normalized spacial score (nSPS) is 15.7. The van der Waals surface area contributed by atoms with Crippen molar-refractivity contribution in [2.45, 2.75) is 25.7 Å². The van der Waals surface area contributed by atoms with Gasteiger partial charge in [0.2, 0.25) is 5.91 Å². The van der Waals surface area contributed by atoms with E-state index in [1.165, 1.54) is 0 Å². The zero-order valence-electron chi connectivity index (χ0n) is 12.1. The van der Waals surface area contributed by atoms with Gasteiger partial charge in [0.15, 0.2) is 0 Å². The molecule has 1 aliphatic rings. The lowest BCUT2D eigenvalue weighted by molar-refractivity contribution is -0.119. The van der Waals surface area contributed by atoms with Crippen LogP contribution >= 0.6 is 0 Å². The second-order valence-electron chi connectivity index (χ2n) is 5.44. The number of anilines is 1. The van der Waals surface area contributed by atoms with Crippen molar-refractivity contribution in [2.75, 3.05) is 25.6 Å². The summed E-state index contributed by atoms with van der Waals surface area (Å²) in [7, 11) is 1.63. The average Bonchev–Trinajstić information content (AvgIpc) is 2.65. The maximum atomic E-state index is 12.0. The van der Waals surface area contributed by atoms with Gasteiger partial charge in [-0.3, -0.25) is 9.59 Å². The molecule has 108 valence electrons. The van der Waals surface area contributed by atoms with E-state index >= 15 is 0 Å². The maximum absolute atomic E-state index is 12.0. The van der Waals surface area contributed by atoms with Gasteiger partial charge in [-0.15, -0.1) is 0 Å². The van der Waals surface area contributed by atoms with Gasteiger partial charge in [-0.25, -0.2) is 0 Å². The predicted octanol–water partition coefficient (Wildman–Crippen LogP) is 1.68. The van der Waals surface area contributed by atoms with Gasteiger partial charge >= 0.3 is 0 Å². The number of methoxy groups -OCH3 is 1. The van der Waals surface area contributed by atoms with E-state index in [1.54, 1.807) is 25.3 Å². The van der Waals surface area contributed by atoms with Crippen LogP contribution in [0.2, 0.25) is 0 Å². The highest BCUT2D eigenvalue weighted by atomic mass is 16.5. The number of carbonyl (C=O) groups is 2. The van der Waals surface area contributed by atoms with E-state index in [2.05, 4.69) is 10.6 Å². The van der Waals surface area contributed by atoms with Crippen molar-refractivity contribution in [3.63, 3.8) is 0 Å². The molecule has 1 aromatic rings. The summed E-state index contributed by atoms with van der Waals surface area (Å²) in [5.41, 5.74) is 1.63. The van der Waals surface area contributed by atoms with Gasteiger partial charge in [0.05, 0.1) is 5.41 Å². The third kappa shape index (κ3) is 2.67. The molecule has 0 radical (unpaired) electrons. The highest BCUT2D eigenvalue weighted by molar-refractivity contribution is 6.07. The quantitative estimate of drug-likeness (QED) is 0.804. The van der Waals surface area contributed by atoms with E-state index in [0.29, 0.717) is 18.7 Å². The first-order valence-electron chi connectivity index (χ1n) is 6.70. The standard InChI is InChI=1S/C15H20N2O3/c1-15(2)11-9-10(5-6-12(11)17-14(15)19)13(18)16-7-4-8-20-3/h5-6,9H,4,7-8H2,1-3H3,(H,16,18)(H,17,19). The Morgan fingerprint density at radius 1 is 1.40 bits per heavy atom. The zero-order chi connectivity index (χ0) is 14.8. The van der Waals surface area contributed by atoms with E-state index in [9.17, 15) is 9.59 Å². The van der Waals surface area contributed by atoms with Crippen LogP contribution in [0.3, 0.4) is 0 Å². The van der Waals surface area contributed by atoms with E-state index < -0.39 is 5.41 Å². The van der Waals surface area contributed by atoms with Crippen LogP contribution < -0.4 is 10.6 Å². The highest BCUT2D eigenvalue weighted by Gasteiger charge is 2.38. The Kier molecular flexibility index (Phi) is 4.09. The molecule has 2 N–H and O–H groups in total. The molecule has 2 rings (SSSR count). The van der Waals surface area contributed by atoms with Crippen LogP contribution in [-0.2, 0) is 14.9 Å². The molecule has 5 heteroatoms. The smallest absolute Gasteiger partial charge is 0.251 e. The fourth-order valence-electron chi connectivity index (χ4n) is 2.23. The molecule has 2 amide bonds. The minimum atomic E-state index is -0.596. The molecule has 0 spiro atoms. The number of amides is 2. The molecule has 20 heavy (non-hydrogen) atoms. The van der Waals surface area contributed by atoms with Crippen LogP contribution in [0.4, 0.5) is 5.69 Å². The molecule has 0 aromatic heterocycles. The first kappa shape index (κ1) is 14.5. The topological polar surface area (TPSA) is 67.4 Å². The summed E-state index contributed by atoms with van der Waals surface area (Å²) < 4.78 is 4.93. The number of benzene rings is 1. The Morgan fingerprint density at radius 3 is 2.85 bits per heavy atom. The number of fused-ring (bicyclic) bond motifs is 1. The number of rotatable bonds is 5. The number of hydrogen-bond donors (Lipinski definition) is 2. The van der Waals surface area contributed by atoms with Crippen LogP contribution in [0.15, 0.2) is 18.2 Å². The van der Waals surface area contributed by atoms with Crippen LogP contribution in [0.1, 0.15) is 36.2 Å². The zero-order valence-corrected chi connectivity index (χ0v) is 12.1. The predicted molar refractivity (Wildman–Crippen MR) is 76.9 cm³/mol. The summed E-state index contributed by atoms with van der Waals surface area (Å²) in [6, 6.07) is 5.30. The molecule has 1 heterocycles. The second-order valence-corrected chi connectivity index (χ2v) is 5.44. The minimum absolute atomic E-state index is 0.0369. The lowest BCUT2D eigenvalue weighted by Crippen LogP contribution is -2.28. The Hall–Kier alpha value is -1.88. The van der Waals surface area contributed by atoms with Crippen LogP contribution in [0, 0.1) is 0 Å². The number of carbonyl (C=O) groups excluding carboxylic acids is 2. The largest absolute Gasteiger partial charge is 0.385 e. The van der Waals surface area contributed by atoms with Crippen molar-refractivity contribution in [2.24, 2.45) is 0 Å². The van der Waals surface area contributed by atoms with Crippen molar-refractivity contribution < 1.29 is 14.3 Å². The van der Waals surface area contributed by atoms with Gasteiger partial charge in [0.25, 0.3) is 5.91 Å². The van der Waals surface area contributed by atoms with Crippen molar-refractivity contribution in [3.8, 4) is 0 Å². The number of nitrogens with one attached hydrogen (secondary N) is 2. The summed E-state index contributed by atoms with van der Waals surface area (Å²) in [6.07, 6.45) is 0.777. The second kappa shape index (κ2) is 5.63. The lowest BCUT2D eigenvalue weighted by atomic mass is 9.85. The fraction of sp³-hybridized carbons (Fsp3) is 0.467. The summed E-state index contributed by atoms with van der Waals surface area (Å²) in [4.78, 5) is 23.9. The van der Waals surface area contributed by atoms with Crippen molar-refractivity contribution in [3.05, 3.63) is 29.3 Å². The maximum Gasteiger partial charge on any atom is 0.251 e. The van der Waals surface area contributed by atoms with E-state index in [1.807, 2.05) is 13.8 Å². The summed E-state index contributed by atoms with van der Waals surface area (Å²) in [5.74, 6) is -0.163. The van der Waals surface area contributed by atoms with E-state index in [-0.39, 0.29) is 11.8 Å². The molecule has 0 unspecified atom stereocenters. The molecule has 1 aromatic carbocycles. The summed E-state index contributed by atoms with van der Waals surface area (Å²) >= 11 is 0. The number of hydrogen-bond acceptors (Lipinski definition) is 3. The van der Waals surface area contributed by atoms with Gasteiger partial charge < -0.3 is 15.4 Å². The van der Waals surface area contributed by atoms with Gasteiger partial charge in [0.1, 0.15) is 0 Å². The SMILES string of the molecule is COCCCNC(=O)c1ccc2c(c1)C(C)(C)C(=O)N2. The molecule has 0 saturated carbocycles. The van der Waals surface area contributed by atoms with E-state index in [4.69, 9.17) is 4.74 Å². The van der Waals surface area contributed by atoms with Crippen LogP contribution in [0.25, 0.3) is 0 Å². The van der Waals surface area contributed by atoms with Crippen LogP contribution in [0.5, 0.6) is 0 Å². The monoisotopic (exact) mass is 276 g/mol.